The van der Waals surface area contributed by atoms with Crippen LogP contribution < -0.4 is 4.18 Å². The van der Waals surface area contributed by atoms with E-state index in [1.807, 2.05) is 0 Å². The fraction of sp³-hybridized carbons (Fsp3) is 0.125. The van der Waals surface area contributed by atoms with Crippen molar-refractivity contribution in [3.63, 3.8) is 0 Å². The predicted molar refractivity (Wildman–Crippen MR) is 54.1 cm³/mol. The van der Waals surface area contributed by atoms with E-state index in [0.717, 1.165) is 0 Å². The van der Waals surface area contributed by atoms with Gasteiger partial charge >= 0.3 is 15.6 Å². The van der Waals surface area contributed by atoms with E-state index < -0.39 is 37.6 Å². The van der Waals surface area contributed by atoms with E-state index in [4.69, 9.17) is 0 Å². The first-order chi connectivity index (χ1) is 8.58. The molecule has 0 aliphatic carbocycles. The first kappa shape index (κ1) is 14.9. The number of rotatable bonds is 4. The van der Waals surface area contributed by atoms with Crippen molar-refractivity contribution in [3.8, 4) is 5.75 Å². The van der Waals surface area contributed by atoms with Gasteiger partial charge in [0.1, 0.15) is 0 Å². The fourth-order valence-electron chi connectivity index (χ4n) is 0.983. The molecule has 0 aromatic heterocycles. The quantitative estimate of drug-likeness (QED) is 0.275. The summed E-state index contributed by atoms with van der Waals surface area (Å²) >= 11 is 0. The maximum Gasteiger partial charge on any atom is 0.534 e. The van der Waals surface area contributed by atoms with E-state index in [-0.39, 0.29) is 6.29 Å². The number of hydrogen-bond donors (Lipinski definition) is 0. The second-order valence-electron chi connectivity index (χ2n) is 3.08. The molecule has 0 aliphatic heterocycles. The van der Waals surface area contributed by atoms with Crippen molar-refractivity contribution in [1.82, 2.24) is 0 Å². The molecule has 19 heavy (non-hydrogen) atoms. The zero-order valence-electron chi connectivity index (χ0n) is 8.75. The highest BCUT2D eigenvalue weighted by molar-refractivity contribution is 7.88. The van der Waals surface area contributed by atoms with Crippen molar-refractivity contribution in [3.05, 3.63) is 33.9 Å². The molecular weight excluding hydrogens is 295 g/mol. The molecule has 0 heterocycles. The minimum Gasteiger partial charge on any atom is -0.375 e. The molecule has 11 heteroatoms. The smallest absolute Gasteiger partial charge is 0.375 e. The molecular formula is C8H4F3NO6S. The number of hydrogen-bond acceptors (Lipinski definition) is 6. The second-order valence-corrected chi connectivity index (χ2v) is 4.62. The average Bonchev–Trinajstić information content (AvgIpc) is 2.27. The monoisotopic (exact) mass is 299 g/mol. The minimum absolute atomic E-state index is 0.0613. The maximum absolute atomic E-state index is 12.1. The average molecular weight is 299 g/mol. The highest BCUT2D eigenvalue weighted by Crippen LogP contribution is 2.30. The second kappa shape index (κ2) is 4.84. The molecule has 0 N–H and O–H groups in total. The zero-order valence-corrected chi connectivity index (χ0v) is 9.56. The topological polar surface area (TPSA) is 104 Å². The number of nitro benzene ring substituents is 1. The Labute approximate surface area is 103 Å². The zero-order chi connectivity index (χ0) is 14.8. The molecule has 0 saturated carbocycles. The number of non-ortho nitro benzene ring substituents is 1. The molecule has 7 nitrogen and oxygen atoms in total. The van der Waals surface area contributed by atoms with Gasteiger partial charge in [-0.2, -0.15) is 21.6 Å². The van der Waals surface area contributed by atoms with Crippen molar-refractivity contribution < 1.29 is 35.5 Å². The molecule has 0 amide bonds. The van der Waals surface area contributed by atoms with Crippen molar-refractivity contribution in [2.24, 2.45) is 0 Å². The standard InChI is InChI=1S/C8H4F3NO6S/c9-8(10,11)19(16,17)18-7-2-1-6(12(14)15)3-5(7)4-13/h1-4H. The van der Waals surface area contributed by atoms with Gasteiger partial charge in [-0.25, -0.2) is 0 Å². The number of nitro groups is 1. The third-order valence-electron chi connectivity index (χ3n) is 1.81. The molecule has 104 valence electrons. The molecule has 0 saturated heterocycles. The minimum atomic E-state index is -5.95. The summed E-state index contributed by atoms with van der Waals surface area (Å²) in [5.41, 5.74) is -6.96. The SMILES string of the molecule is O=Cc1cc([N+](=O)[O-])ccc1OS(=O)(=O)C(F)(F)F. The summed E-state index contributed by atoms with van der Waals surface area (Å²) in [6.45, 7) is 0. The molecule has 1 aromatic rings. The summed E-state index contributed by atoms with van der Waals surface area (Å²) in [6.07, 6.45) is -0.0613. The number of nitrogens with zero attached hydrogens (tertiary/aromatic N) is 1. The number of carbonyl (C=O) groups excluding carboxylic acids is 1. The Hall–Kier alpha value is -2.17. The largest absolute Gasteiger partial charge is 0.534 e. The van der Waals surface area contributed by atoms with E-state index >= 15 is 0 Å². The molecule has 1 aromatic carbocycles. The molecule has 0 spiro atoms. The Bertz CT molecular complexity index is 624. The van der Waals surface area contributed by atoms with E-state index in [2.05, 4.69) is 4.18 Å². The Morgan fingerprint density at radius 3 is 2.32 bits per heavy atom. The van der Waals surface area contributed by atoms with Crippen LogP contribution in [0.25, 0.3) is 0 Å². The summed E-state index contributed by atoms with van der Waals surface area (Å²) in [7, 11) is -5.95. The molecule has 0 bridgehead atoms. The summed E-state index contributed by atoms with van der Waals surface area (Å²) in [4.78, 5) is 20.0. The lowest BCUT2D eigenvalue weighted by atomic mass is 10.2. The molecule has 0 unspecified atom stereocenters. The van der Waals surface area contributed by atoms with Gasteiger partial charge < -0.3 is 4.18 Å². The van der Waals surface area contributed by atoms with Gasteiger partial charge in [0.15, 0.2) is 12.0 Å². The molecule has 0 radical (unpaired) electrons. The van der Waals surface area contributed by atoms with Gasteiger partial charge in [0, 0.05) is 12.1 Å². The molecule has 0 fully saturated rings. The van der Waals surface area contributed by atoms with Gasteiger partial charge in [-0.3, -0.25) is 14.9 Å². The van der Waals surface area contributed by atoms with Gasteiger partial charge in [0.2, 0.25) is 0 Å². The number of carbonyl (C=O) groups is 1. The van der Waals surface area contributed by atoms with Crippen LogP contribution in [0.5, 0.6) is 5.75 Å². The van der Waals surface area contributed by atoms with Crippen LogP contribution in [0.3, 0.4) is 0 Å². The van der Waals surface area contributed by atoms with E-state index in [1.54, 1.807) is 0 Å². The first-order valence-corrected chi connectivity index (χ1v) is 5.73. The third kappa shape index (κ3) is 3.19. The molecule has 0 aliphatic rings. The maximum atomic E-state index is 12.1. The van der Waals surface area contributed by atoms with Crippen LogP contribution >= 0.6 is 0 Å². The number of aldehydes is 1. The van der Waals surface area contributed by atoms with Crippen molar-refractivity contribution >= 4 is 22.1 Å². The van der Waals surface area contributed by atoms with E-state index in [9.17, 15) is 36.5 Å². The predicted octanol–water partition coefficient (Wildman–Crippen LogP) is 1.64. The summed E-state index contributed by atoms with van der Waals surface area (Å²) in [6, 6.07) is 1.88. The normalized spacial score (nSPS) is 11.9. The Morgan fingerprint density at radius 1 is 1.32 bits per heavy atom. The number of alkyl halides is 3. The van der Waals surface area contributed by atoms with Crippen LogP contribution in [0.1, 0.15) is 10.4 Å². The Kier molecular flexibility index (Phi) is 3.79. The van der Waals surface area contributed by atoms with Crippen molar-refractivity contribution in [2.75, 3.05) is 0 Å². The highest BCUT2D eigenvalue weighted by atomic mass is 32.2. The van der Waals surface area contributed by atoms with Crippen LogP contribution in [0.15, 0.2) is 18.2 Å². The lowest BCUT2D eigenvalue weighted by molar-refractivity contribution is -0.384. The molecule has 0 atom stereocenters. The fourth-order valence-corrected chi connectivity index (χ4v) is 1.47. The van der Waals surface area contributed by atoms with Crippen LogP contribution in [-0.4, -0.2) is 25.1 Å². The van der Waals surface area contributed by atoms with E-state index in [0.29, 0.717) is 18.2 Å². The Morgan fingerprint density at radius 2 is 1.89 bits per heavy atom. The lowest BCUT2D eigenvalue weighted by Crippen LogP contribution is -2.28. The first-order valence-electron chi connectivity index (χ1n) is 4.33. The van der Waals surface area contributed by atoms with Gasteiger partial charge in [0.25, 0.3) is 5.69 Å². The van der Waals surface area contributed by atoms with Crippen LogP contribution in [-0.2, 0) is 10.1 Å². The summed E-state index contributed by atoms with van der Waals surface area (Å²) in [5, 5.41) is 10.4. The van der Waals surface area contributed by atoms with Crippen LogP contribution in [0.2, 0.25) is 0 Å². The Balaban J connectivity index is 3.24. The summed E-state index contributed by atoms with van der Waals surface area (Å²) in [5.74, 6) is -0.946. The summed E-state index contributed by atoms with van der Waals surface area (Å²) < 4.78 is 61.3. The van der Waals surface area contributed by atoms with E-state index in [1.165, 1.54) is 0 Å². The van der Waals surface area contributed by atoms with Crippen LogP contribution in [0, 0.1) is 10.1 Å². The van der Waals surface area contributed by atoms with Crippen LogP contribution in [0.4, 0.5) is 18.9 Å². The van der Waals surface area contributed by atoms with Gasteiger partial charge in [-0.05, 0) is 6.07 Å². The lowest BCUT2D eigenvalue weighted by Gasteiger charge is -2.10. The van der Waals surface area contributed by atoms with Crippen molar-refractivity contribution in [1.29, 1.82) is 0 Å². The van der Waals surface area contributed by atoms with Crippen molar-refractivity contribution in [2.45, 2.75) is 5.51 Å². The number of benzene rings is 1. The highest BCUT2D eigenvalue weighted by Gasteiger charge is 2.48. The number of halogens is 3. The third-order valence-corrected chi connectivity index (χ3v) is 2.78. The van der Waals surface area contributed by atoms with Gasteiger partial charge in [0.05, 0.1) is 10.5 Å². The van der Waals surface area contributed by atoms with Gasteiger partial charge in [-0.15, -0.1) is 0 Å². The molecule has 1 rings (SSSR count). The van der Waals surface area contributed by atoms with Gasteiger partial charge in [-0.1, -0.05) is 0 Å².